The number of halogens is 1. The molecule has 0 atom stereocenters. The molecule has 0 amide bonds. The van der Waals surface area contributed by atoms with E-state index in [1.807, 2.05) is 25.1 Å². The van der Waals surface area contributed by atoms with Crippen molar-refractivity contribution in [1.82, 2.24) is 0 Å². The second kappa shape index (κ2) is 7.09. The summed E-state index contributed by atoms with van der Waals surface area (Å²) in [6, 6.07) is 10.7. The molecule has 112 valence electrons. The molecule has 0 aliphatic rings. The Morgan fingerprint density at radius 3 is 2.62 bits per heavy atom. The van der Waals surface area contributed by atoms with Crippen molar-refractivity contribution in [3.05, 3.63) is 58.9 Å². The fourth-order valence-electron chi connectivity index (χ4n) is 2.19. The lowest BCUT2D eigenvalue weighted by Gasteiger charge is -2.14. The van der Waals surface area contributed by atoms with Crippen LogP contribution in [-0.4, -0.2) is 13.7 Å². The quantitative estimate of drug-likeness (QED) is 0.888. The maximum absolute atomic E-state index is 13.9. The van der Waals surface area contributed by atoms with Crippen LogP contribution < -0.4 is 15.2 Å². The number of ether oxygens (including phenoxy) is 2. The number of hydrogen-bond acceptors (Lipinski definition) is 3. The molecule has 0 saturated heterocycles. The van der Waals surface area contributed by atoms with E-state index in [2.05, 4.69) is 0 Å². The highest BCUT2D eigenvalue weighted by molar-refractivity contribution is 5.41. The molecule has 0 aliphatic heterocycles. The van der Waals surface area contributed by atoms with Crippen LogP contribution >= 0.6 is 0 Å². The van der Waals surface area contributed by atoms with E-state index in [9.17, 15) is 4.39 Å². The van der Waals surface area contributed by atoms with Crippen molar-refractivity contribution in [3.8, 4) is 11.5 Å². The highest BCUT2D eigenvalue weighted by atomic mass is 19.1. The van der Waals surface area contributed by atoms with Gasteiger partial charge < -0.3 is 15.2 Å². The Morgan fingerprint density at radius 2 is 1.95 bits per heavy atom. The summed E-state index contributed by atoms with van der Waals surface area (Å²) in [6.07, 6.45) is 0.738. The van der Waals surface area contributed by atoms with Crippen molar-refractivity contribution in [2.75, 3.05) is 13.7 Å². The van der Waals surface area contributed by atoms with Gasteiger partial charge in [0.1, 0.15) is 23.9 Å². The van der Waals surface area contributed by atoms with Gasteiger partial charge in [0.25, 0.3) is 0 Å². The van der Waals surface area contributed by atoms with Crippen LogP contribution in [0.2, 0.25) is 0 Å². The minimum Gasteiger partial charge on any atom is -0.497 e. The fraction of sp³-hybridized carbons (Fsp3) is 0.294. The summed E-state index contributed by atoms with van der Waals surface area (Å²) in [5.41, 5.74) is 8.18. The molecule has 0 bridgehead atoms. The molecule has 2 aromatic rings. The second-order valence-electron chi connectivity index (χ2n) is 4.85. The first-order valence-corrected chi connectivity index (χ1v) is 6.89. The average Bonchev–Trinajstić information content (AvgIpc) is 2.48. The maximum Gasteiger partial charge on any atom is 0.133 e. The van der Waals surface area contributed by atoms with Crippen molar-refractivity contribution in [2.45, 2.75) is 20.0 Å². The SMILES string of the molecule is COc1ccc(COc2c(C)cccc2CCN)c(F)c1. The van der Waals surface area contributed by atoms with Gasteiger partial charge in [-0.15, -0.1) is 0 Å². The molecule has 3 nitrogen and oxygen atoms in total. The molecule has 0 saturated carbocycles. The Balaban J connectivity index is 2.16. The molecule has 0 heterocycles. The molecular formula is C17H20FNO2. The lowest BCUT2D eigenvalue weighted by atomic mass is 10.1. The number of aryl methyl sites for hydroxylation is 1. The Bertz CT molecular complexity index is 614. The third-order valence-electron chi connectivity index (χ3n) is 3.34. The van der Waals surface area contributed by atoms with Crippen molar-refractivity contribution >= 4 is 0 Å². The number of nitrogens with two attached hydrogens (primary N) is 1. The molecule has 0 fully saturated rings. The van der Waals surface area contributed by atoms with Crippen LogP contribution in [-0.2, 0) is 13.0 Å². The van der Waals surface area contributed by atoms with Gasteiger partial charge in [0.2, 0.25) is 0 Å². The lowest BCUT2D eigenvalue weighted by Crippen LogP contribution is -2.07. The van der Waals surface area contributed by atoms with E-state index >= 15 is 0 Å². The fourth-order valence-corrected chi connectivity index (χ4v) is 2.19. The smallest absolute Gasteiger partial charge is 0.133 e. The lowest BCUT2D eigenvalue weighted by molar-refractivity contribution is 0.294. The van der Waals surface area contributed by atoms with Crippen molar-refractivity contribution < 1.29 is 13.9 Å². The summed E-state index contributed by atoms with van der Waals surface area (Å²) in [6.45, 7) is 2.70. The van der Waals surface area contributed by atoms with Gasteiger partial charge in [-0.05, 0) is 43.1 Å². The Morgan fingerprint density at radius 1 is 1.14 bits per heavy atom. The second-order valence-corrected chi connectivity index (χ2v) is 4.85. The van der Waals surface area contributed by atoms with Crippen molar-refractivity contribution in [2.24, 2.45) is 5.73 Å². The van der Waals surface area contributed by atoms with Gasteiger partial charge in [-0.1, -0.05) is 18.2 Å². The average molecular weight is 289 g/mol. The summed E-state index contributed by atoms with van der Waals surface area (Å²) in [7, 11) is 1.51. The van der Waals surface area contributed by atoms with E-state index in [1.165, 1.54) is 13.2 Å². The van der Waals surface area contributed by atoms with Crippen LogP contribution in [0.25, 0.3) is 0 Å². The Labute approximate surface area is 124 Å². The standard InChI is InChI=1S/C17H20FNO2/c1-12-4-3-5-13(8-9-19)17(12)21-11-14-6-7-15(20-2)10-16(14)18/h3-7,10H,8-9,11,19H2,1-2H3. The summed E-state index contributed by atoms with van der Waals surface area (Å²) in [5.74, 6) is 0.956. The van der Waals surface area contributed by atoms with Crippen LogP contribution in [0.1, 0.15) is 16.7 Å². The van der Waals surface area contributed by atoms with E-state index in [1.54, 1.807) is 12.1 Å². The highest BCUT2D eigenvalue weighted by Crippen LogP contribution is 2.25. The molecule has 0 aromatic heterocycles. The first-order chi connectivity index (χ1) is 10.2. The van der Waals surface area contributed by atoms with E-state index < -0.39 is 0 Å². The first kappa shape index (κ1) is 15.3. The monoisotopic (exact) mass is 289 g/mol. The third-order valence-corrected chi connectivity index (χ3v) is 3.34. The zero-order valence-corrected chi connectivity index (χ0v) is 12.4. The Hall–Kier alpha value is -2.07. The molecule has 0 unspecified atom stereocenters. The zero-order valence-electron chi connectivity index (χ0n) is 12.4. The summed E-state index contributed by atoms with van der Waals surface area (Å²) in [4.78, 5) is 0. The largest absolute Gasteiger partial charge is 0.497 e. The summed E-state index contributed by atoms with van der Waals surface area (Å²) in [5, 5.41) is 0. The summed E-state index contributed by atoms with van der Waals surface area (Å²) < 4.78 is 24.7. The minimum absolute atomic E-state index is 0.179. The van der Waals surface area contributed by atoms with Crippen LogP contribution in [0.15, 0.2) is 36.4 Å². The molecule has 2 rings (SSSR count). The maximum atomic E-state index is 13.9. The van der Waals surface area contributed by atoms with Gasteiger partial charge in [-0.2, -0.15) is 0 Å². The van der Waals surface area contributed by atoms with E-state index in [4.69, 9.17) is 15.2 Å². The third kappa shape index (κ3) is 3.73. The highest BCUT2D eigenvalue weighted by Gasteiger charge is 2.09. The van der Waals surface area contributed by atoms with Crippen LogP contribution in [0, 0.1) is 12.7 Å². The van der Waals surface area contributed by atoms with E-state index in [-0.39, 0.29) is 12.4 Å². The topological polar surface area (TPSA) is 44.5 Å². The van der Waals surface area contributed by atoms with Crippen molar-refractivity contribution in [3.63, 3.8) is 0 Å². The zero-order chi connectivity index (χ0) is 15.2. The summed E-state index contributed by atoms with van der Waals surface area (Å²) >= 11 is 0. The van der Waals surface area contributed by atoms with Gasteiger partial charge in [-0.3, -0.25) is 0 Å². The van der Waals surface area contributed by atoms with Gasteiger partial charge in [-0.25, -0.2) is 4.39 Å². The minimum atomic E-state index is -0.330. The van der Waals surface area contributed by atoms with Crippen molar-refractivity contribution in [1.29, 1.82) is 0 Å². The van der Waals surface area contributed by atoms with Gasteiger partial charge in [0.15, 0.2) is 0 Å². The van der Waals surface area contributed by atoms with Gasteiger partial charge in [0, 0.05) is 11.6 Å². The number of benzene rings is 2. The number of methoxy groups -OCH3 is 1. The van der Waals surface area contributed by atoms with E-state index in [0.29, 0.717) is 17.9 Å². The van der Waals surface area contributed by atoms with Crippen LogP contribution in [0.4, 0.5) is 4.39 Å². The normalized spacial score (nSPS) is 10.5. The van der Waals surface area contributed by atoms with Crippen LogP contribution in [0.3, 0.4) is 0 Å². The number of rotatable bonds is 6. The Kier molecular flexibility index (Phi) is 5.17. The predicted octanol–water partition coefficient (Wildman–Crippen LogP) is 3.22. The molecule has 0 spiro atoms. The molecule has 0 radical (unpaired) electrons. The molecular weight excluding hydrogens is 269 g/mol. The molecule has 2 N–H and O–H groups in total. The number of hydrogen-bond donors (Lipinski definition) is 1. The van der Waals surface area contributed by atoms with E-state index in [0.717, 1.165) is 23.3 Å². The first-order valence-electron chi connectivity index (χ1n) is 6.89. The van der Waals surface area contributed by atoms with Gasteiger partial charge >= 0.3 is 0 Å². The molecule has 0 aliphatic carbocycles. The molecule has 4 heteroatoms. The van der Waals surface area contributed by atoms with Gasteiger partial charge in [0.05, 0.1) is 7.11 Å². The number of para-hydroxylation sites is 1. The molecule has 21 heavy (non-hydrogen) atoms. The predicted molar refractivity (Wildman–Crippen MR) is 81.2 cm³/mol. The molecule has 2 aromatic carbocycles. The van der Waals surface area contributed by atoms with Crippen LogP contribution in [0.5, 0.6) is 11.5 Å².